The van der Waals surface area contributed by atoms with Gasteiger partial charge in [0, 0.05) is 11.4 Å². The molecule has 0 radical (unpaired) electrons. The average Bonchev–Trinajstić information content (AvgIpc) is 3.09. The molecule has 0 saturated heterocycles. The van der Waals surface area contributed by atoms with Gasteiger partial charge < -0.3 is 15.4 Å². The largest absolute Gasteiger partial charge is 0.481 e. The fraction of sp³-hybridized carbons (Fsp3) is 0.235. The highest BCUT2D eigenvalue weighted by Crippen LogP contribution is 2.36. The summed E-state index contributed by atoms with van der Waals surface area (Å²) in [4.78, 5) is 19.4. The van der Waals surface area contributed by atoms with Gasteiger partial charge in [-0.05, 0) is 42.5 Å². The number of hydrogen-bond acceptors (Lipinski definition) is 4. The van der Waals surface area contributed by atoms with Crippen molar-refractivity contribution in [3.05, 3.63) is 47.4 Å². The van der Waals surface area contributed by atoms with Crippen molar-refractivity contribution < 1.29 is 9.90 Å². The number of aromatic nitrogens is 3. The molecule has 1 aromatic carbocycles. The van der Waals surface area contributed by atoms with E-state index in [0.29, 0.717) is 5.82 Å². The van der Waals surface area contributed by atoms with Crippen molar-refractivity contribution in [2.75, 3.05) is 5.73 Å². The van der Waals surface area contributed by atoms with Crippen molar-refractivity contribution in [1.29, 1.82) is 0 Å². The summed E-state index contributed by atoms with van der Waals surface area (Å²) < 4.78 is 2.12. The zero-order valence-corrected chi connectivity index (χ0v) is 12.5. The Morgan fingerprint density at radius 2 is 2.00 bits per heavy atom. The van der Waals surface area contributed by atoms with Crippen molar-refractivity contribution in [1.82, 2.24) is 14.5 Å². The van der Waals surface area contributed by atoms with E-state index in [4.69, 9.17) is 10.8 Å². The molecule has 0 spiro atoms. The number of hydrogen-bond donors (Lipinski definition) is 2. The van der Waals surface area contributed by atoms with Crippen LogP contribution in [0.25, 0.3) is 16.7 Å². The second kappa shape index (κ2) is 5.08. The highest BCUT2D eigenvalue weighted by molar-refractivity contribution is 5.91. The molecule has 116 valence electrons. The predicted molar refractivity (Wildman–Crippen MR) is 86.6 cm³/mol. The normalized spacial score (nSPS) is 13.4. The van der Waals surface area contributed by atoms with Gasteiger partial charge in [0.15, 0.2) is 5.82 Å². The van der Waals surface area contributed by atoms with Crippen LogP contribution in [0.2, 0.25) is 0 Å². The lowest BCUT2D eigenvalue weighted by Gasteiger charge is -2.11. The minimum absolute atomic E-state index is 0.0239. The molecule has 0 unspecified atom stereocenters. The molecule has 0 atom stereocenters. The van der Waals surface area contributed by atoms with E-state index in [-0.39, 0.29) is 6.42 Å². The molecular weight excluding hydrogens is 292 g/mol. The fourth-order valence-corrected chi connectivity index (χ4v) is 3.42. The van der Waals surface area contributed by atoms with Gasteiger partial charge in [-0.3, -0.25) is 4.79 Å². The van der Waals surface area contributed by atoms with E-state index in [1.54, 1.807) is 0 Å². The van der Waals surface area contributed by atoms with Crippen LogP contribution >= 0.6 is 0 Å². The van der Waals surface area contributed by atoms with Crippen LogP contribution in [0.5, 0.6) is 0 Å². The van der Waals surface area contributed by atoms with Gasteiger partial charge in [0.25, 0.3) is 0 Å². The Labute approximate surface area is 132 Å². The van der Waals surface area contributed by atoms with E-state index in [9.17, 15) is 4.79 Å². The second-order valence-corrected chi connectivity index (χ2v) is 5.81. The minimum atomic E-state index is -0.831. The van der Waals surface area contributed by atoms with Gasteiger partial charge in [-0.2, -0.15) is 0 Å². The van der Waals surface area contributed by atoms with Crippen molar-refractivity contribution in [2.45, 2.75) is 25.7 Å². The van der Waals surface area contributed by atoms with Gasteiger partial charge in [-0.25, -0.2) is 9.97 Å². The smallest absolute Gasteiger partial charge is 0.307 e. The third kappa shape index (κ3) is 2.14. The number of nitrogen functional groups attached to an aromatic ring is 1. The lowest BCUT2D eigenvalue weighted by Crippen LogP contribution is -2.04. The van der Waals surface area contributed by atoms with Crippen LogP contribution in [0.3, 0.4) is 0 Å². The number of carbonyl (C=O) groups is 1. The number of nitrogens with two attached hydrogens (primary N) is 1. The van der Waals surface area contributed by atoms with Crippen molar-refractivity contribution in [2.24, 2.45) is 0 Å². The number of benzene rings is 1. The summed E-state index contributed by atoms with van der Waals surface area (Å²) in [6.07, 6.45) is 4.64. The Morgan fingerprint density at radius 1 is 1.22 bits per heavy atom. The van der Waals surface area contributed by atoms with Crippen molar-refractivity contribution in [3.63, 3.8) is 0 Å². The van der Waals surface area contributed by atoms with Crippen LogP contribution in [0.1, 0.15) is 23.2 Å². The molecule has 1 aliphatic carbocycles. The summed E-state index contributed by atoms with van der Waals surface area (Å²) in [5, 5.41) is 8.89. The Bertz CT molecular complexity index is 912. The molecule has 0 saturated carbocycles. The van der Waals surface area contributed by atoms with Crippen LogP contribution in [-0.4, -0.2) is 25.6 Å². The molecule has 6 nitrogen and oxygen atoms in total. The van der Waals surface area contributed by atoms with Crippen LogP contribution < -0.4 is 5.73 Å². The summed E-state index contributed by atoms with van der Waals surface area (Å²) in [6.45, 7) is 0. The molecule has 6 heteroatoms. The fourth-order valence-electron chi connectivity index (χ4n) is 3.42. The van der Waals surface area contributed by atoms with E-state index in [1.165, 1.54) is 17.6 Å². The number of fused-ring (bicyclic) bond motifs is 3. The summed E-state index contributed by atoms with van der Waals surface area (Å²) in [5.41, 5.74) is 12.1. The Balaban J connectivity index is 1.90. The number of aryl methyl sites for hydroxylation is 1. The number of nitrogens with zero attached hydrogens (tertiary/aromatic N) is 3. The minimum Gasteiger partial charge on any atom is -0.481 e. The molecule has 0 aliphatic heterocycles. The maximum Gasteiger partial charge on any atom is 0.307 e. The number of carboxylic acids is 1. The topological polar surface area (TPSA) is 94.0 Å². The standard InChI is InChI=1S/C17H16N4O2/c18-17-16-15(19-9-20-17)12-2-1-3-13(12)21(16)11-6-4-10(5-7-11)8-14(22)23/h4-7,9H,1-3,8H2,(H,22,23)(H2,18,19,20). The number of anilines is 1. The van der Waals surface area contributed by atoms with Crippen molar-refractivity contribution in [3.8, 4) is 5.69 Å². The van der Waals surface area contributed by atoms with Crippen LogP contribution in [0, 0.1) is 0 Å². The zero-order chi connectivity index (χ0) is 16.0. The molecule has 2 heterocycles. The molecule has 2 aromatic heterocycles. The first-order chi connectivity index (χ1) is 11.1. The van der Waals surface area contributed by atoms with Gasteiger partial charge in [-0.1, -0.05) is 12.1 Å². The number of carboxylic acid groups (broad SMARTS) is 1. The third-order valence-corrected chi connectivity index (χ3v) is 4.37. The van der Waals surface area contributed by atoms with Crippen LogP contribution in [0.4, 0.5) is 5.82 Å². The molecule has 0 bridgehead atoms. The third-order valence-electron chi connectivity index (χ3n) is 4.37. The molecule has 3 N–H and O–H groups in total. The molecule has 4 rings (SSSR count). The number of aliphatic carboxylic acids is 1. The Kier molecular flexibility index (Phi) is 3.04. The second-order valence-electron chi connectivity index (χ2n) is 5.81. The summed E-state index contributed by atoms with van der Waals surface area (Å²) in [6, 6.07) is 7.55. The highest BCUT2D eigenvalue weighted by Gasteiger charge is 2.24. The molecule has 0 fully saturated rings. The SMILES string of the molecule is Nc1ncnc2c3c(n(-c4ccc(CC(=O)O)cc4)c12)CCC3. The summed E-state index contributed by atoms with van der Waals surface area (Å²) >= 11 is 0. The first kappa shape index (κ1) is 13.8. The van der Waals surface area contributed by atoms with Crippen LogP contribution in [0.15, 0.2) is 30.6 Å². The first-order valence-electron chi connectivity index (χ1n) is 7.59. The lowest BCUT2D eigenvalue weighted by atomic mass is 10.1. The van der Waals surface area contributed by atoms with E-state index >= 15 is 0 Å². The summed E-state index contributed by atoms with van der Waals surface area (Å²) in [7, 11) is 0. The van der Waals surface area contributed by atoms with E-state index in [1.807, 2.05) is 24.3 Å². The Morgan fingerprint density at radius 3 is 2.74 bits per heavy atom. The maximum atomic E-state index is 10.8. The Hall–Kier alpha value is -2.89. The summed E-state index contributed by atoms with van der Waals surface area (Å²) in [5.74, 6) is -0.360. The first-order valence-corrected chi connectivity index (χ1v) is 7.59. The van der Waals surface area contributed by atoms with E-state index in [0.717, 1.165) is 41.5 Å². The molecule has 3 aromatic rings. The lowest BCUT2D eigenvalue weighted by molar-refractivity contribution is -0.136. The van der Waals surface area contributed by atoms with Gasteiger partial charge in [0.2, 0.25) is 0 Å². The highest BCUT2D eigenvalue weighted by atomic mass is 16.4. The molecule has 0 amide bonds. The van der Waals surface area contributed by atoms with Gasteiger partial charge in [-0.15, -0.1) is 0 Å². The van der Waals surface area contributed by atoms with Gasteiger partial charge >= 0.3 is 5.97 Å². The van der Waals surface area contributed by atoms with Crippen molar-refractivity contribution >= 4 is 22.8 Å². The molecular formula is C17H16N4O2. The maximum absolute atomic E-state index is 10.8. The number of rotatable bonds is 3. The molecule has 23 heavy (non-hydrogen) atoms. The monoisotopic (exact) mass is 308 g/mol. The van der Waals surface area contributed by atoms with E-state index < -0.39 is 5.97 Å². The molecule has 1 aliphatic rings. The predicted octanol–water partition coefficient (Wildman–Crippen LogP) is 2.12. The average molecular weight is 308 g/mol. The van der Waals surface area contributed by atoms with Crippen LogP contribution in [-0.2, 0) is 24.1 Å². The van der Waals surface area contributed by atoms with E-state index in [2.05, 4.69) is 14.5 Å². The quantitative estimate of drug-likeness (QED) is 0.773. The van der Waals surface area contributed by atoms with Gasteiger partial charge in [0.1, 0.15) is 11.8 Å². The zero-order valence-electron chi connectivity index (χ0n) is 12.5. The van der Waals surface area contributed by atoms with Gasteiger partial charge in [0.05, 0.1) is 11.9 Å².